The van der Waals surface area contributed by atoms with Crippen LogP contribution in [-0.4, -0.2) is 20.9 Å². The Balaban J connectivity index is 2.61. The van der Waals surface area contributed by atoms with E-state index in [9.17, 15) is 4.79 Å². The lowest BCUT2D eigenvalue weighted by Gasteiger charge is -2.08. The van der Waals surface area contributed by atoms with Gasteiger partial charge in [-0.25, -0.2) is 4.79 Å². The van der Waals surface area contributed by atoms with Gasteiger partial charge in [0.25, 0.3) is 0 Å². The molecule has 78 valence electrons. The number of carboxylic acids is 1. The van der Waals surface area contributed by atoms with Crippen LogP contribution < -0.4 is 5.73 Å². The van der Waals surface area contributed by atoms with Crippen molar-refractivity contribution in [3.8, 4) is 0 Å². The molecule has 1 unspecified atom stereocenters. The number of nitrogens with two attached hydrogens (primary N) is 1. The number of hydrogen-bond donors (Lipinski definition) is 2. The van der Waals surface area contributed by atoms with Crippen LogP contribution in [0.15, 0.2) is 24.4 Å². The van der Waals surface area contributed by atoms with Crippen LogP contribution in [0.1, 0.15) is 13.0 Å². The minimum absolute atomic E-state index is 0.599. The fraction of sp³-hybridized carbons (Fsp3) is 0.200. The van der Waals surface area contributed by atoms with Crippen LogP contribution in [0.4, 0.5) is 5.69 Å². The number of carboxylic acid groups (broad SMARTS) is 1. The maximum absolute atomic E-state index is 10.8. The number of benzene rings is 1. The molecule has 1 aromatic carbocycles. The van der Waals surface area contributed by atoms with E-state index in [1.165, 1.54) is 4.68 Å². The van der Waals surface area contributed by atoms with Crippen molar-refractivity contribution >= 4 is 22.6 Å². The zero-order chi connectivity index (χ0) is 11.0. The van der Waals surface area contributed by atoms with E-state index in [1.54, 1.807) is 25.3 Å². The van der Waals surface area contributed by atoms with Crippen molar-refractivity contribution in [2.45, 2.75) is 13.0 Å². The second-order valence-corrected chi connectivity index (χ2v) is 3.42. The Morgan fingerprint density at radius 3 is 3.00 bits per heavy atom. The molecule has 0 aliphatic heterocycles. The highest BCUT2D eigenvalue weighted by molar-refractivity contribution is 5.83. The minimum Gasteiger partial charge on any atom is -0.480 e. The first-order valence-electron chi connectivity index (χ1n) is 4.55. The van der Waals surface area contributed by atoms with Gasteiger partial charge in [0.2, 0.25) is 0 Å². The van der Waals surface area contributed by atoms with E-state index in [0.29, 0.717) is 5.69 Å². The quantitative estimate of drug-likeness (QED) is 0.723. The van der Waals surface area contributed by atoms with Crippen LogP contribution in [0.5, 0.6) is 0 Å². The van der Waals surface area contributed by atoms with Crippen LogP contribution in [0.2, 0.25) is 0 Å². The second kappa shape index (κ2) is 3.27. The summed E-state index contributed by atoms with van der Waals surface area (Å²) in [6.07, 6.45) is 1.63. The standard InChI is InChI=1S/C10H11N3O2/c1-6(10(14)15)13-9-4-8(11)3-2-7(9)5-12-13/h2-6H,11H2,1H3,(H,14,15). The molecule has 0 spiro atoms. The van der Waals surface area contributed by atoms with Crippen molar-refractivity contribution in [3.63, 3.8) is 0 Å². The molecule has 0 bridgehead atoms. The van der Waals surface area contributed by atoms with Crippen molar-refractivity contribution in [2.75, 3.05) is 5.73 Å². The summed E-state index contributed by atoms with van der Waals surface area (Å²) in [6, 6.07) is 4.62. The van der Waals surface area contributed by atoms with Gasteiger partial charge < -0.3 is 10.8 Å². The SMILES string of the molecule is CC(C(=O)O)n1ncc2ccc(N)cc21. The number of aromatic nitrogens is 2. The Morgan fingerprint density at radius 1 is 1.60 bits per heavy atom. The monoisotopic (exact) mass is 205 g/mol. The van der Waals surface area contributed by atoms with Gasteiger partial charge in [-0.3, -0.25) is 4.68 Å². The summed E-state index contributed by atoms with van der Waals surface area (Å²) in [5.74, 6) is -0.914. The van der Waals surface area contributed by atoms with Gasteiger partial charge in [0.15, 0.2) is 0 Å². The largest absolute Gasteiger partial charge is 0.480 e. The Hall–Kier alpha value is -2.04. The molecule has 0 fully saturated rings. The molecule has 2 rings (SSSR count). The second-order valence-electron chi connectivity index (χ2n) is 3.42. The fourth-order valence-electron chi connectivity index (χ4n) is 1.47. The molecule has 0 amide bonds. The summed E-state index contributed by atoms with van der Waals surface area (Å²) >= 11 is 0. The predicted molar refractivity (Wildman–Crippen MR) is 56.5 cm³/mol. The van der Waals surface area contributed by atoms with Crippen LogP contribution in [0, 0.1) is 0 Å². The summed E-state index contributed by atoms with van der Waals surface area (Å²) in [4.78, 5) is 10.8. The molecule has 1 atom stereocenters. The summed E-state index contributed by atoms with van der Waals surface area (Å²) in [6.45, 7) is 1.58. The molecule has 15 heavy (non-hydrogen) atoms. The zero-order valence-corrected chi connectivity index (χ0v) is 8.21. The normalized spacial score (nSPS) is 12.9. The first kappa shape index (κ1) is 9.51. The molecular weight excluding hydrogens is 194 g/mol. The maximum atomic E-state index is 10.8. The average Bonchev–Trinajstić information content (AvgIpc) is 2.59. The Bertz CT molecular complexity index is 518. The van der Waals surface area contributed by atoms with Crippen molar-refractivity contribution in [3.05, 3.63) is 24.4 Å². The Kier molecular flexibility index (Phi) is 2.07. The topological polar surface area (TPSA) is 81.1 Å². The van der Waals surface area contributed by atoms with Gasteiger partial charge >= 0.3 is 5.97 Å². The zero-order valence-electron chi connectivity index (χ0n) is 8.21. The molecule has 5 nitrogen and oxygen atoms in total. The van der Waals surface area contributed by atoms with Gasteiger partial charge in [0, 0.05) is 11.1 Å². The van der Waals surface area contributed by atoms with Crippen molar-refractivity contribution < 1.29 is 9.90 Å². The molecule has 1 heterocycles. The molecule has 3 N–H and O–H groups in total. The molecule has 0 radical (unpaired) electrons. The van der Waals surface area contributed by atoms with E-state index >= 15 is 0 Å². The van der Waals surface area contributed by atoms with Gasteiger partial charge in [-0.05, 0) is 25.1 Å². The van der Waals surface area contributed by atoms with Gasteiger partial charge in [-0.2, -0.15) is 5.10 Å². The summed E-state index contributed by atoms with van der Waals surface area (Å²) in [5.41, 5.74) is 6.98. The number of rotatable bonds is 2. The van der Waals surface area contributed by atoms with E-state index in [4.69, 9.17) is 10.8 Å². The highest BCUT2D eigenvalue weighted by Gasteiger charge is 2.16. The molecule has 0 saturated heterocycles. The lowest BCUT2D eigenvalue weighted by atomic mass is 10.2. The summed E-state index contributed by atoms with van der Waals surface area (Å²) in [5, 5.41) is 13.8. The van der Waals surface area contributed by atoms with Crippen molar-refractivity contribution in [1.29, 1.82) is 0 Å². The smallest absolute Gasteiger partial charge is 0.328 e. The van der Waals surface area contributed by atoms with Gasteiger partial charge in [-0.1, -0.05) is 0 Å². The van der Waals surface area contributed by atoms with Gasteiger partial charge in [-0.15, -0.1) is 0 Å². The number of hydrogen-bond acceptors (Lipinski definition) is 3. The van der Waals surface area contributed by atoms with E-state index in [1.807, 2.05) is 6.07 Å². The molecule has 2 aromatic rings. The summed E-state index contributed by atoms with van der Waals surface area (Å²) in [7, 11) is 0. The minimum atomic E-state index is -0.914. The number of carbonyl (C=O) groups is 1. The fourth-order valence-corrected chi connectivity index (χ4v) is 1.47. The first-order chi connectivity index (χ1) is 7.09. The van der Waals surface area contributed by atoms with Crippen LogP contribution in [0.25, 0.3) is 10.9 Å². The Labute approximate surface area is 86.1 Å². The van der Waals surface area contributed by atoms with Crippen molar-refractivity contribution in [2.24, 2.45) is 0 Å². The lowest BCUT2D eigenvalue weighted by Crippen LogP contribution is -2.16. The molecule has 0 saturated carbocycles. The third-order valence-corrected chi connectivity index (χ3v) is 2.35. The number of fused-ring (bicyclic) bond motifs is 1. The summed E-state index contributed by atoms with van der Waals surface area (Å²) < 4.78 is 1.45. The van der Waals surface area contributed by atoms with Crippen LogP contribution in [-0.2, 0) is 4.79 Å². The lowest BCUT2D eigenvalue weighted by molar-refractivity contribution is -0.140. The average molecular weight is 205 g/mol. The first-order valence-corrected chi connectivity index (χ1v) is 4.55. The number of nitrogens with zero attached hydrogens (tertiary/aromatic N) is 2. The third-order valence-electron chi connectivity index (χ3n) is 2.35. The Morgan fingerprint density at radius 2 is 2.33 bits per heavy atom. The molecule has 1 aromatic heterocycles. The van der Waals surface area contributed by atoms with E-state index in [0.717, 1.165) is 10.9 Å². The number of anilines is 1. The van der Waals surface area contributed by atoms with Crippen LogP contribution >= 0.6 is 0 Å². The van der Waals surface area contributed by atoms with E-state index in [-0.39, 0.29) is 0 Å². The van der Waals surface area contributed by atoms with Crippen LogP contribution in [0.3, 0.4) is 0 Å². The highest BCUT2D eigenvalue weighted by atomic mass is 16.4. The molecule has 0 aliphatic carbocycles. The maximum Gasteiger partial charge on any atom is 0.328 e. The highest BCUT2D eigenvalue weighted by Crippen LogP contribution is 2.20. The van der Waals surface area contributed by atoms with Gasteiger partial charge in [0.05, 0.1) is 11.7 Å². The molecule has 0 aliphatic rings. The molecule has 5 heteroatoms. The predicted octanol–water partition coefficient (Wildman–Crippen LogP) is 1.26. The van der Waals surface area contributed by atoms with E-state index < -0.39 is 12.0 Å². The van der Waals surface area contributed by atoms with E-state index in [2.05, 4.69) is 5.10 Å². The van der Waals surface area contributed by atoms with Gasteiger partial charge in [0.1, 0.15) is 6.04 Å². The molecular formula is C10H11N3O2. The van der Waals surface area contributed by atoms with Crippen molar-refractivity contribution in [1.82, 2.24) is 9.78 Å². The number of aliphatic carboxylic acids is 1. The third kappa shape index (κ3) is 1.52. The number of nitrogen functional groups attached to an aromatic ring is 1.